The van der Waals surface area contributed by atoms with E-state index in [1.807, 2.05) is 0 Å². The molecule has 0 unspecified atom stereocenters. The SMILES string of the molecule is O=C(O)c1cnc(CSc2ccccc2F)[nH]1. The highest BCUT2D eigenvalue weighted by Gasteiger charge is 2.08. The summed E-state index contributed by atoms with van der Waals surface area (Å²) in [5.74, 6) is -0.438. The average molecular weight is 252 g/mol. The first-order valence-electron chi connectivity index (χ1n) is 4.81. The molecule has 2 N–H and O–H groups in total. The van der Waals surface area contributed by atoms with Crippen LogP contribution >= 0.6 is 11.8 Å². The minimum Gasteiger partial charge on any atom is -0.477 e. The Hall–Kier alpha value is -1.82. The van der Waals surface area contributed by atoms with E-state index in [0.717, 1.165) is 0 Å². The number of hydrogen-bond acceptors (Lipinski definition) is 3. The average Bonchev–Trinajstić information content (AvgIpc) is 2.77. The van der Waals surface area contributed by atoms with Gasteiger partial charge >= 0.3 is 5.97 Å². The largest absolute Gasteiger partial charge is 0.477 e. The fourth-order valence-corrected chi connectivity index (χ4v) is 2.07. The molecular formula is C11H9FN2O2S. The second-order valence-electron chi connectivity index (χ2n) is 3.27. The molecule has 2 aromatic rings. The zero-order valence-electron chi connectivity index (χ0n) is 8.68. The van der Waals surface area contributed by atoms with Crippen LogP contribution in [0, 0.1) is 5.82 Å². The predicted molar refractivity (Wildman–Crippen MR) is 61.5 cm³/mol. The first-order valence-corrected chi connectivity index (χ1v) is 5.80. The molecule has 0 bridgehead atoms. The Morgan fingerprint density at radius 1 is 1.47 bits per heavy atom. The molecule has 88 valence electrons. The monoisotopic (exact) mass is 252 g/mol. The zero-order valence-corrected chi connectivity index (χ0v) is 9.50. The summed E-state index contributed by atoms with van der Waals surface area (Å²) in [5.41, 5.74) is 0.0362. The highest BCUT2D eigenvalue weighted by Crippen LogP contribution is 2.23. The summed E-state index contributed by atoms with van der Waals surface area (Å²) in [6.07, 6.45) is 1.25. The van der Waals surface area contributed by atoms with Crippen LogP contribution in [0.2, 0.25) is 0 Å². The quantitative estimate of drug-likeness (QED) is 0.821. The van der Waals surface area contributed by atoms with E-state index in [1.54, 1.807) is 18.2 Å². The minimum atomic E-state index is -1.06. The Labute approximate surface area is 101 Å². The molecule has 0 saturated carbocycles. The molecule has 1 heterocycles. The fourth-order valence-electron chi connectivity index (χ4n) is 1.25. The van der Waals surface area contributed by atoms with E-state index >= 15 is 0 Å². The maximum atomic E-state index is 13.3. The number of halogens is 1. The molecule has 0 aliphatic rings. The van der Waals surface area contributed by atoms with E-state index in [-0.39, 0.29) is 11.5 Å². The zero-order chi connectivity index (χ0) is 12.3. The van der Waals surface area contributed by atoms with Crippen molar-refractivity contribution >= 4 is 17.7 Å². The van der Waals surface area contributed by atoms with Crippen molar-refractivity contribution in [2.45, 2.75) is 10.6 Å². The molecule has 1 aromatic heterocycles. The van der Waals surface area contributed by atoms with Gasteiger partial charge in [0.1, 0.15) is 17.3 Å². The van der Waals surface area contributed by atoms with Gasteiger partial charge in [0.2, 0.25) is 0 Å². The molecule has 0 fully saturated rings. The van der Waals surface area contributed by atoms with Crippen LogP contribution in [0.1, 0.15) is 16.3 Å². The smallest absolute Gasteiger partial charge is 0.353 e. The maximum absolute atomic E-state index is 13.3. The van der Waals surface area contributed by atoms with Crippen molar-refractivity contribution in [3.8, 4) is 0 Å². The van der Waals surface area contributed by atoms with E-state index in [4.69, 9.17) is 5.11 Å². The topological polar surface area (TPSA) is 66.0 Å². The van der Waals surface area contributed by atoms with Gasteiger partial charge in [-0.15, -0.1) is 11.8 Å². The van der Waals surface area contributed by atoms with Crippen LogP contribution in [0.5, 0.6) is 0 Å². The lowest BCUT2D eigenvalue weighted by Crippen LogP contribution is -1.96. The van der Waals surface area contributed by atoms with Crippen LogP contribution in [0.4, 0.5) is 4.39 Å². The Balaban J connectivity index is 2.02. The Kier molecular flexibility index (Phi) is 3.43. The van der Waals surface area contributed by atoms with E-state index in [9.17, 15) is 9.18 Å². The summed E-state index contributed by atoms with van der Waals surface area (Å²) in [5, 5.41) is 8.69. The highest BCUT2D eigenvalue weighted by atomic mass is 32.2. The van der Waals surface area contributed by atoms with Crippen molar-refractivity contribution in [2.24, 2.45) is 0 Å². The highest BCUT2D eigenvalue weighted by molar-refractivity contribution is 7.98. The van der Waals surface area contributed by atoms with E-state index < -0.39 is 5.97 Å². The summed E-state index contributed by atoms with van der Waals surface area (Å²) in [6.45, 7) is 0. The van der Waals surface area contributed by atoms with Crippen LogP contribution < -0.4 is 0 Å². The second-order valence-corrected chi connectivity index (χ2v) is 4.28. The van der Waals surface area contributed by atoms with Gasteiger partial charge in [-0.3, -0.25) is 0 Å². The number of benzene rings is 1. The summed E-state index contributed by atoms with van der Waals surface area (Å²) < 4.78 is 13.3. The second kappa shape index (κ2) is 5.01. The molecule has 0 saturated heterocycles. The van der Waals surface area contributed by atoms with Crippen LogP contribution in [0.25, 0.3) is 0 Å². The molecule has 0 radical (unpaired) electrons. The van der Waals surface area contributed by atoms with E-state index in [1.165, 1.54) is 24.0 Å². The Morgan fingerprint density at radius 2 is 2.24 bits per heavy atom. The molecule has 0 aliphatic carbocycles. The van der Waals surface area contributed by atoms with Gasteiger partial charge < -0.3 is 10.1 Å². The van der Waals surface area contributed by atoms with Gasteiger partial charge in [-0.2, -0.15) is 0 Å². The third kappa shape index (κ3) is 2.85. The summed E-state index contributed by atoms with van der Waals surface area (Å²) in [4.78, 5) is 17.7. The number of imidazole rings is 1. The number of nitrogens with one attached hydrogen (secondary N) is 1. The first kappa shape index (κ1) is 11.7. The van der Waals surface area contributed by atoms with Gasteiger partial charge in [-0.1, -0.05) is 12.1 Å². The van der Waals surface area contributed by atoms with Crippen molar-refractivity contribution in [2.75, 3.05) is 0 Å². The molecule has 1 aromatic carbocycles. The normalized spacial score (nSPS) is 10.4. The maximum Gasteiger partial charge on any atom is 0.353 e. The number of H-pyrrole nitrogens is 1. The van der Waals surface area contributed by atoms with Crippen molar-refractivity contribution in [3.63, 3.8) is 0 Å². The third-order valence-electron chi connectivity index (χ3n) is 2.06. The summed E-state index contributed by atoms with van der Waals surface area (Å²) in [6, 6.07) is 6.42. The number of aromatic nitrogens is 2. The number of aromatic amines is 1. The van der Waals surface area contributed by atoms with Gasteiger partial charge in [0, 0.05) is 4.90 Å². The first-order chi connectivity index (χ1) is 8.16. The van der Waals surface area contributed by atoms with Gasteiger partial charge in [-0.25, -0.2) is 14.2 Å². The van der Waals surface area contributed by atoms with Crippen LogP contribution in [0.15, 0.2) is 35.4 Å². The number of aromatic carboxylic acids is 1. The van der Waals surface area contributed by atoms with E-state index in [0.29, 0.717) is 16.5 Å². The number of carboxylic acid groups (broad SMARTS) is 1. The molecule has 2 rings (SSSR count). The van der Waals surface area contributed by atoms with Crippen molar-refractivity contribution in [1.29, 1.82) is 0 Å². The molecule has 0 amide bonds. The van der Waals surface area contributed by atoms with Gasteiger partial charge in [0.05, 0.1) is 11.9 Å². The standard InChI is InChI=1S/C11H9FN2O2S/c12-7-3-1-2-4-9(7)17-6-10-13-5-8(14-10)11(15)16/h1-5H,6H2,(H,13,14)(H,15,16). The molecule has 4 nitrogen and oxygen atoms in total. The summed E-state index contributed by atoms with van der Waals surface area (Å²) >= 11 is 1.26. The number of thioether (sulfide) groups is 1. The third-order valence-corrected chi connectivity index (χ3v) is 3.12. The van der Waals surface area contributed by atoms with Gasteiger partial charge in [0.25, 0.3) is 0 Å². The number of nitrogens with zero attached hydrogens (tertiary/aromatic N) is 1. The lowest BCUT2D eigenvalue weighted by atomic mass is 10.3. The van der Waals surface area contributed by atoms with E-state index in [2.05, 4.69) is 9.97 Å². The van der Waals surface area contributed by atoms with Crippen LogP contribution in [-0.2, 0) is 5.75 Å². The number of rotatable bonds is 4. The lowest BCUT2D eigenvalue weighted by Gasteiger charge is -2.00. The van der Waals surface area contributed by atoms with Crippen LogP contribution in [0.3, 0.4) is 0 Å². The molecular weight excluding hydrogens is 243 g/mol. The molecule has 0 atom stereocenters. The van der Waals surface area contributed by atoms with Crippen molar-refractivity contribution < 1.29 is 14.3 Å². The molecule has 0 spiro atoms. The number of carbonyl (C=O) groups is 1. The van der Waals surface area contributed by atoms with Gasteiger partial charge in [0.15, 0.2) is 0 Å². The van der Waals surface area contributed by atoms with Crippen molar-refractivity contribution in [1.82, 2.24) is 9.97 Å². The van der Waals surface area contributed by atoms with Crippen molar-refractivity contribution in [3.05, 3.63) is 47.8 Å². The minimum absolute atomic E-state index is 0.0362. The molecule has 0 aliphatic heterocycles. The molecule has 6 heteroatoms. The summed E-state index contributed by atoms with van der Waals surface area (Å²) in [7, 11) is 0. The fraction of sp³-hybridized carbons (Fsp3) is 0.0909. The lowest BCUT2D eigenvalue weighted by molar-refractivity contribution is 0.0691. The Bertz CT molecular complexity index is 542. The number of carboxylic acids is 1. The van der Waals surface area contributed by atoms with Crippen LogP contribution in [-0.4, -0.2) is 21.0 Å². The predicted octanol–water partition coefficient (Wildman–Crippen LogP) is 2.54. The number of hydrogen-bond donors (Lipinski definition) is 2. The van der Waals surface area contributed by atoms with Gasteiger partial charge in [-0.05, 0) is 12.1 Å². The molecule has 17 heavy (non-hydrogen) atoms. The Morgan fingerprint density at radius 3 is 2.88 bits per heavy atom.